The Balaban J connectivity index is 2.18. The highest BCUT2D eigenvalue weighted by molar-refractivity contribution is 5.96. The maximum Gasteiger partial charge on any atom is 0.319 e. The van der Waals surface area contributed by atoms with Gasteiger partial charge < -0.3 is 5.32 Å². The topological polar surface area (TPSA) is 101 Å². The highest BCUT2D eigenvalue weighted by Gasteiger charge is 2.24. The number of hydrogen-bond acceptors (Lipinski definition) is 4. The molecule has 7 heteroatoms. The van der Waals surface area contributed by atoms with Crippen LogP contribution in [0.15, 0.2) is 30.5 Å². The summed E-state index contributed by atoms with van der Waals surface area (Å²) in [5.41, 5.74) is 1.62. The standard InChI is InChI=1S/C14H16N4O3/c1-3-11(10-6-4-9(2)5-7-10)16-14(19)13-12(18(20)21)8-15-17-13/h4-8,11H,3H2,1-2H3,(H,15,17)(H,16,19). The minimum absolute atomic E-state index is 0.134. The van der Waals surface area contributed by atoms with Gasteiger partial charge in [0.25, 0.3) is 5.91 Å². The van der Waals surface area contributed by atoms with Crippen molar-refractivity contribution in [1.29, 1.82) is 0 Å². The summed E-state index contributed by atoms with van der Waals surface area (Å²) >= 11 is 0. The molecule has 1 aromatic carbocycles. The van der Waals surface area contributed by atoms with Crippen LogP contribution in [0.4, 0.5) is 5.69 Å². The number of hydrogen-bond donors (Lipinski definition) is 2. The van der Waals surface area contributed by atoms with E-state index in [0.29, 0.717) is 6.42 Å². The lowest BCUT2D eigenvalue weighted by Crippen LogP contribution is -2.29. The second kappa shape index (κ2) is 6.17. The van der Waals surface area contributed by atoms with Gasteiger partial charge in [-0.2, -0.15) is 5.10 Å². The van der Waals surface area contributed by atoms with Crippen LogP contribution in [-0.2, 0) is 0 Å². The summed E-state index contributed by atoms with van der Waals surface area (Å²) in [5.74, 6) is -0.536. The summed E-state index contributed by atoms with van der Waals surface area (Å²) in [6.07, 6.45) is 1.71. The van der Waals surface area contributed by atoms with Gasteiger partial charge in [-0.05, 0) is 18.9 Å². The Morgan fingerprint density at radius 2 is 2.10 bits per heavy atom. The molecule has 0 spiro atoms. The zero-order valence-electron chi connectivity index (χ0n) is 11.8. The van der Waals surface area contributed by atoms with Crippen LogP contribution in [0.2, 0.25) is 0 Å². The molecule has 110 valence electrons. The first-order valence-electron chi connectivity index (χ1n) is 6.58. The minimum Gasteiger partial charge on any atom is -0.344 e. The molecule has 21 heavy (non-hydrogen) atoms. The molecule has 2 N–H and O–H groups in total. The molecule has 0 aliphatic carbocycles. The Kier molecular flexibility index (Phi) is 4.32. The minimum atomic E-state index is -0.634. The molecular weight excluding hydrogens is 272 g/mol. The van der Waals surface area contributed by atoms with Crippen molar-refractivity contribution < 1.29 is 9.72 Å². The number of H-pyrrole nitrogens is 1. The molecule has 0 saturated carbocycles. The number of amides is 1. The van der Waals surface area contributed by atoms with Crippen molar-refractivity contribution in [2.45, 2.75) is 26.3 Å². The van der Waals surface area contributed by atoms with Crippen LogP contribution in [0.25, 0.3) is 0 Å². The van der Waals surface area contributed by atoms with Crippen LogP contribution in [0.3, 0.4) is 0 Å². The molecule has 2 rings (SSSR count). The highest BCUT2D eigenvalue weighted by Crippen LogP contribution is 2.20. The third-order valence-electron chi connectivity index (χ3n) is 3.24. The summed E-state index contributed by atoms with van der Waals surface area (Å²) in [7, 11) is 0. The average molecular weight is 288 g/mol. The molecule has 1 amide bonds. The summed E-state index contributed by atoms with van der Waals surface area (Å²) in [6, 6.07) is 7.59. The third-order valence-corrected chi connectivity index (χ3v) is 3.24. The van der Waals surface area contributed by atoms with Crippen LogP contribution in [0.5, 0.6) is 0 Å². The summed E-state index contributed by atoms with van der Waals surface area (Å²) < 4.78 is 0. The van der Waals surface area contributed by atoms with E-state index < -0.39 is 10.8 Å². The van der Waals surface area contributed by atoms with E-state index in [0.717, 1.165) is 17.3 Å². The molecule has 1 aromatic heterocycles. The third kappa shape index (κ3) is 3.25. The average Bonchev–Trinajstić information content (AvgIpc) is 2.95. The lowest BCUT2D eigenvalue weighted by molar-refractivity contribution is -0.385. The molecular formula is C14H16N4O3. The molecule has 7 nitrogen and oxygen atoms in total. The fourth-order valence-corrected chi connectivity index (χ4v) is 2.04. The van der Waals surface area contributed by atoms with Crippen molar-refractivity contribution in [3.8, 4) is 0 Å². The van der Waals surface area contributed by atoms with Crippen LogP contribution >= 0.6 is 0 Å². The number of nitrogens with one attached hydrogen (secondary N) is 2. The SMILES string of the molecule is CCC(NC(=O)c1[nH]ncc1[N+](=O)[O-])c1ccc(C)cc1. The van der Waals surface area contributed by atoms with E-state index in [1.165, 1.54) is 0 Å². The van der Waals surface area contributed by atoms with Crippen LogP contribution in [0, 0.1) is 17.0 Å². The van der Waals surface area contributed by atoms with Crippen LogP contribution in [-0.4, -0.2) is 21.0 Å². The molecule has 0 fully saturated rings. The van der Waals surface area contributed by atoms with E-state index in [4.69, 9.17) is 0 Å². The van der Waals surface area contributed by atoms with Gasteiger partial charge in [0.2, 0.25) is 5.69 Å². The number of aromatic amines is 1. The smallest absolute Gasteiger partial charge is 0.319 e. The second-order valence-electron chi connectivity index (χ2n) is 4.73. The molecule has 0 aliphatic heterocycles. The number of nitrogens with zero attached hydrogens (tertiary/aromatic N) is 2. The van der Waals surface area contributed by atoms with E-state index in [-0.39, 0.29) is 17.4 Å². The normalized spacial score (nSPS) is 11.9. The van der Waals surface area contributed by atoms with Crippen molar-refractivity contribution in [2.75, 3.05) is 0 Å². The Labute approximate surface area is 121 Å². The zero-order valence-corrected chi connectivity index (χ0v) is 11.8. The first-order valence-corrected chi connectivity index (χ1v) is 6.58. The van der Waals surface area contributed by atoms with E-state index in [9.17, 15) is 14.9 Å². The van der Waals surface area contributed by atoms with Gasteiger partial charge in [-0.25, -0.2) is 0 Å². The quantitative estimate of drug-likeness (QED) is 0.652. The van der Waals surface area contributed by atoms with Gasteiger partial charge in [0, 0.05) is 0 Å². The second-order valence-corrected chi connectivity index (χ2v) is 4.73. The molecule has 1 unspecified atom stereocenters. The predicted molar refractivity (Wildman–Crippen MR) is 76.9 cm³/mol. The van der Waals surface area contributed by atoms with Gasteiger partial charge >= 0.3 is 5.69 Å². The van der Waals surface area contributed by atoms with E-state index in [1.54, 1.807) is 0 Å². The fraction of sp³-hybridized carbons (Fsp3) is 0.286. The number of carbonyl (C=O) groups is 1. The molecule has 1 heterocycles. The molecule has 0 bridgehead atoms. The lowest BCUT2D eigenvalue weighted by Gasteiger charge is -2.17. The summed E-state index contributed by atoms with van der Waals surface area (Å²) in [6.45, 7) is 3.92. The van der Waals surface area contributed by atoms with Gasteiger partial charge in [-0.1, -0.05) is 36.8 Å². The first-order chi connectivity index (χ1) is 10.0. The van der Waals surface area contributed by atoms with Crippen molar-refractivity contribution in [3.05, 3.63) is 57.4 Å². The number of aromatic nitrogens is 2. The van der Waals surface area contributed by atoms with Crippen molar-refractivity contribution >= 4 is 11.6 Å². The summed E-state index contributed by atoms with van der Waals surface area (Å²) in [4.78, 5) is 22.3. The number of carbonyl (C=O) groups excluding carboxylic acids is 1. The fourth-order valence-electron chi connectivity index (χ4n) is 2.04. The van der Waals surface area contributed by atoms with Crippen molar-refractivity contribution in [1.82, 2.24) is 15.5 Å². The van der Waals surface area contributed by atoms with E-state index >= 15 is 0 Å². The number of aryl methyl sites for hydroxylation is 1. The Hall–Kier alpha value is -2.70. The number of nitro groups is 1. The largest absolute Gasteiger partial charge is 0.344 e. The van der Waals surface area contributed by atoms with Gasteiger partial charge in [0.1, 0.15) is 6.20 Å². The van der Waals surface area contributed by atoms with Crippen LogP contribution < -0.4 is 5.32 Å². The number of benzene rings is 1. The Morgan fingerprint density at radius 3 is 2.67 bits per heavy atom. The molecule has 0 radical (unpaired) electrons. The van der Waals surface area contributed by atoms with Crippen molar-refractivity contribution in [3.63, 3.8) is 0 Å². The Bertz CT molecular complexity index is 648. The Morgan fingerprint density at radius 1 is 1.43 bits per heavy atom. The van der Waals surface area contributed by atoms with E-state index in [2.05, 4.69) is 15.5 Å². The monoisotopic (exact) mass is 288 g/mol. The molecule has 0 aliphatic rings. The molecule has 0 saturated heterocycles. The summed E-state index contributed by atoms with van der Waals surface area (Å²) in [5, 5.41) is 19.5. The highest BCUT2D eigenvalue weighted by atomic mass is 16.6. The van der Waals surface area contributed by atoms with Gasteiger partial charge in [0.15, 0.2) is 0 Å². The zero-order chi connectivity index (χ0) is 15.4. The number of rotatable bonds is 5. The molecule has 2 aromatic rings. The lowest BCUT2D eigenvalue weighted by atomic mass is 10.0. The van der Waals surface area contributed by atoms with Gasteiger partial charge in [0.05, 0.1) is 11.0 Å². The maximum absolute atomic E-state index is 12.2. The van der Waals surface area contributed by atoms with Gasteiger partial charge in [-0.3, -0.25) is 20.0 Å². The predicted octanol–water partition coefficient (Wildman–Crippen LogP) is 2.51. The maximum atomic E-state index is 12.2. The molecule has 1 atom stereocenters. The first kappa shape index (κ1) is 14.7. The van der Waals surface area contributed by atoms with Crippen LogP contribution in [0.1, 0.15) is 41.0 Å². The van der Waals surface area contributed by atoms with Crippen molar-refractivity contribution in [2.24, 2.45) is 0 Å². The van der Waals surface area contributed by atoms with Gasteiger partial charge in [-0.15, -0.1) is 0 Å². The van der Waals surface area contributed by atoms with E-state index in [1.807, 2.05) is 38.1 Å².